The molecule has 6 heteroatoms. The predicted molar refractivity (Wildman–Crippen MR) is 228 cm³/mol. The Bertz CT molecular complexity index is 2640. The standard InChI is InChI=1S/C49H49N5O/c1-47(2,3)33-20-21-51-46(27-33)54-42-15-11-10-14-40(42)41-19-18-38(29-45(41)54)55-39-26-35(49(7,8)9)25-37(28-39)53-31-52(43-16-12-13-17-44(43)53)36-23-32(30-50)22-34(24-36)48(4,5)6/h10-29H,31H2,1-9H3. The number of rotatable bonds is 5. The van der Waals surface area contributed by atoms with E-state index in [-0.39, 0.29) is 16.2 Å². The van der Waals surface area contributed by atoms with Crippen LogP contribution in [0.3, 0.4) is 0 Å². The molecular formula is C49H49N5O. The van der Waals surface area contributed by atoms with Gasteiger partial charge >= 0.3 is 0 Å². The molecule has 5 aromatic carbocycles. The third-order valence-corrected chi connectivity index (χ3v) is 10.8. The van der Waals surface area contributed by atoms with Crippen LogP contribution in [-0.2, 0) is 16.2 Å². The lowest BCUT2D eigenvalue weighted by Gasteiger charge is -2.27. The van der Waals surface area contributed by atoms with Crippen molar-refractivity contribution in [3.8, 4) is 23.4 Å². The third-order valence-electron chi connectivity index (χ3n) is 10.8. The maximum atomic E-state index is 9.99. The summed E-state index contributed by atoms with van der Waals surface area (Å²) in [6.45, 7) is 20.6. The minimum absolute atomic E-state index is 0.0105. The van der Waals surface area contributed by atoms with Gasteiger partial charge in [-0.1, -0.05) is 92.6 Å². The molecule has 1 aliphatic rings. The number of ether oxygens (including phenoxy) is 1. The molecule has 0 radical (unpaired) electrons. The quantitative estimate of drug-likeness (QED) is 0.177. The van der Waals surface area contributed by atoms with Crippen molar-refractivity contribution in [3.05, 3.63) is 144 Å². The summed E-state index contributed by atoms with van der Waals surface area (Å²) in [6, 6.07) is 43.0. The molecule has 3 heterocycles. The van der Waals surface area contributed by atoms with Gasteiger partial charge in [0.2, 0.25) is 0 Å². The number of nitriles is 1. The van der Waals surface area contributed by atoms with Crippen molar-refractivity contribution in [1.29, 1.82) is 5.26 Å². The van der Waals surface area contributed by atoms with Crippen LogP contribution in [0, 0.1) is 11.3 Å². The zero-order valence-electron chi connectivity index (χ0n) is 33.4. The van der Waals surface area contributed by atoms with Crippen molar-refractivity contribution in [1.82, 2.24) is 9.55 Å². The highest BCUT2D eigenvalue weighted by molar-refractivity contribution is 6.09. The van der Waals surface area contributed by atoms with Crippen molar-refractivity contribution < 1.29 is 4.74 Å². The number of nitrogens with zero attached hydrogens (tertiary/aromatic N) is 5. The Morgan fingerprint density at radius 2 is 1.16 bits per heavy atom. The molecule has 0 saturated heterocycles. The van der Waals surface area contributed by atoms with E-state index in [4.69, 9.17) is 9.72 Å². The molecule has 2 aromatic heterocycles. The highest BCUT2D eigenvalue weighted by Crippen LogP contribution is 2.47. The minimum Gasteiger partial charge on any atom is -0.457 e. The van der Waals surface area contributed by atoms with Gasteiger partial charge in [0.05, 0.1) is 34.0 Å². The Morgan fingerprint density at radius 1 is 0.564 bits per heavy atom. The van der Waals surface area contributed by atoms with Gasteiger partial charge in [0.1, 0.15) is 24.0 Å². The van der Waals surface area contributed by atoms with E-state index in [1.165, 1.54) is 16.5 Å². The first-order valence-corrected chi connectivity index (χ1v) is 19.1. The number of para-hydroxylation sites is 3. The van der Waals surface area contributed by atoms with Crippen LogP contribution in [0.25, 0.3) is 27.6 Å². The van der Waals surface area contributed by atoms with Crippen LogP contribution in [-0.4, -0.2) is 16.2 Å². The van der Waals surface area contributed by atoms with Gasteiger partial charge in [-0.05, 0) is 106 Å². The Balaban J connectivity index is 1.22. The summed E-state index contributed by atoms with van der Waals surface area (Å²) in [5.74, 6) is 2.42. The molecule has 0 N–H and O–H groups in total. The molecule has 7 aromatic rings. The van der Waals surface area contributed by atoms with Gasteiger partial charge in [0.15, 0.2) is 0 Å². The molecule has 0 bridgehead atoms. The molecule has 0 spiro atoms. The molecule has 0 aliphatic carbocycles. The highest BCUT2D eigenvalue weighted by atomic mass is 16.5. The van der Waals surface area contributed by atoms with Crippen molar-refractivity contribution >= 4 is 44.6 Å². The lowest BCUT2D eigenvalue weighted by molar-refractivity contribution is 0.479. The van der Waals surface area contributed by atoms with Crippen LogP contribution in [0.1, 0.15) is 84.6 Å². The van der Waals surface area contributed by atoms with Gasteiger partial charge in [-0.2, -0.15) is 5.26 Å². The monoisotopic (exact) mass is 723 g/mol. The van der Waals surface area contributed by atoms with E-state index in [1.807, 2.05) is 18.3 Å². The molecule has 0 atom stereocenters. The number of anilines is 4. The SMILES string of the molecule is CC(C)(C)c1cc(C#N)cc(N2CN(c3cc(Oc4ccc5c6ccccc6n(-c6cc(C(C)(C)C)ccn6)c5c4)cc(C(C)(C)C)c3)c3ccccc32)c1. The molecule has 276 valence electrons. The Morgan fingerprint density at radius 3 is 1.82 bits per heavy atom. The maximum absolute atomic E-state index is 9.99. The minimum atomic E-state index is -0.129. The fourth-order valence-corrected chi connectivity index (χ4v) is 7.56. The Labute approximate surface area is 325 Å². The van der Waals surface area contributed by atoms with Crippen LogP contribution in [0.15, 0.2) is 121 Å². The highest BCUT2D eigenvalue weighted by Gasteiger charge is 2.30. The zero-order chi connectivity index (χ0) is 38.9. The van der Waals surface area contributed by atoms with Gasteiger partial charge in [-0.3, -0.25) is 4.57 Å². The van der Waals surface area contributed by atoms with Gasteiger partial charge in [0, 0.05) is 40.5 Å². The van der Waals surface area contributed by atoms with Crippen LogP contribution < -0.4 is 14.5 Å². The van der Waals surface area contributed by atoms with E-state index in [1.54, 1.807) is 0 Å². The first kappa shape index (κ1) is 35.9. The fourth-order valence-electron chi connectivity index (χ4n) is 7.56. The first-order valence-electron chi connectivity index (χ1n) is 19.1. The second-order valence-electron chi connectivity index (χ2n) is 17.9. The second-order valence-corrected chi connectivity index (χ2v) is 17.9. The van der Waals surface area contributed by atoms with Crippen molar-refractivity contribution in [2.24, 2.45) is 0 Å². The van der Waals surface area contributed by atoms with E-state index < -0.39 is 0 Å². The molecule has 0 fully saturated rings. The average molecular weight is 724 g/mol. The van der Waals surface area contributed by atoms with Crippen molar-refractivity contribution in [3.63, 3.8) is 0 Å². The number of aromatic nitrogens is 2. The van der Waals surface area contributed by atoms with Crippen LogP contribution in [0.2, 0.25) is 0 Å². The predicted octanol–water partition coefficient (Wildman–Crippen LogP) is 13.0. The molecule has 8 rings (SSSR count). The summed E-state index contributed by atoms with van der Waals surface area (Å²) in [4.78, 5) is 9.53. The number of hydrogen-bond donors (Lipinski definition) is 0. The maximum Gasteiger partial charge on any atom is 0.137 e. The molecule has 0 unspecified atom stereocenters. The van der Waals surface area contributed by atoms with Gasteiger partial charge in [0.25, 0.3) is 0 Å². The number of hydrogen-bond acceptors (Lipinski definition) is 5. The molecule has 6 nitrogen and oxygen atoms in total. The molecular weight excluding hydrogens is 675 g/mol. The first-order chi connectivity index (χ1) is 26.1. The largest absolute Gasteiger partial charge is 0.457 e. The molecule has 55 heavy (non-hydrogen) atoms. The normalized spacial score (nSPS) is 13.4. The van der Waals surface area contributed by atoms with Crippen LogP contribution in [0.5, 0.6) is 11.5 Å². The van der Waals surface area contributed by atoms with E-state index in [2.05, 4.69) is 186 Å². The summed E-state index contributed by atoms with van der Waals surface area (Å²) >= 11 is 0. The van der Waals surface area contributed by atoms with Crippen molar-refractivity contribution in [2.75, 3.05) is 16.5 Å². The van der Waals surface area contributed by atoms with Gasteiger partial charge in [-0.25, -0.2) is 4.98 Å². The third kappa shape index (κ3) is 6.69. The number of pyridine rings is 1. The van der Waals surface area contributed by atoms with E-state index >= 15 is 0 Å². The summed E-state index contributed by atoms with van der Waals surface area (Å²) in [5.41, 5.74) is 10.4. The summed E-state index contributed by atoms with van der Waals surface area (Å²) < 4.78 is 9.12. The van der Waals surface area contributed by atoms with Gasteiger partial charge < -0.3 is 14.5 Å². The van der Waals surface area contributed by atoms with Crippen LogP contribution in [0.4, 0.5) is 22.7 Å². The van der Waals surface area contributed by atoms with Gasteiger partial charge in [-0.15, -0.1) is 0 Å². The fraction of sp³-hybridized carbons (Fsp3) is 0.265. The Kier molecular flexibility index (Phi) is 8.53. The smallest absolute Gasteiger partial charge is 0.137 e. The summed E-state index contributed by atoms with van der Waals surface area (Å²) in [5, 5.41) is 12.3. The molecule has 1 aliphatic heterocycles. The summed E-state index contributed by atoms with van der Waals surface area (Å²) in [6.07, 6.45) is 1.91. The number of fused-ring (bicyclic) bond motifs is 4. The number of benzene rings is 5. The van der Waals surface area contributed by atoms with E-state index in [0.717, 1.165) is 62.0 Å². The van der Waals surface area contributed by atoms with E-state index in [0.29, 0.717) is 12.2 Å². The average Bonchev–Trinajstić information content (AvgIpc) is 3.70. The van der Waals surface area contributed by atoms with Crippen molar-refractivity contribution in [2.45, 2.75) is 78.6 Å². The van der Waals surface area contributed by atoms with Crippen LogP contribution >= 0.6 is 0 Å². The Hall–Kier alpha value is -6.06. The lowest BCUT2D eigenvalue weighted by atomic mass is 9.86. The lowest BCUT2D eigenvalue weighted by Crippen LogP contribution is -2.25. The zero-order valence-corrected chi connectivity index (χ0v) is 33.4. The molecule has 0 amide bonds. The topological polar surface area (TPSA) is 57.3 Å². The second kappa shape index (κ2) is 13.1. The molecule has 0 saturated carbocycles. The van der Waals surface area contributed by atoms with E-state index in [9.17, 15) is 5.26 Å². The summed E-state index contributed by atoms with van der Waals surface area (Å²) in [7, 11) is 0.